The Morgan fingerprint density at radius 1 is 1.10 bits per heavy atom. The lowest BCUT2D eigenvalue weighted by Gasteiger charge is -2.18. The first kappa shape index (κ1) is 20.7. The quantitative estimate of drug-likeness (QED) is 0.427. The minimum absolute atomic E-state index is 0.106. The molecule has 0 aliphatic carbocycles. The van der Waals surface area contributed by atoms with Crippen molar-refractivity contribution >= 4 is 27.5 Å². The molecular weight excluding hydrogens is 460 g/mol. The smallest absolute Gasteiger partial charge is 0.259 e. The molecule has 0 radical (unpaired) electrons. The van der Waals surface area contributed by atoms with Gasteiger partial charge in [0.05, 0.1) is 5.56 Å². The molecule has 0 bridgehead atoms. The Morgan fingerprint density at radius 3 is 2.58 bits per heavy atom. The Balaban J connectivity index is 1.57. The maximum Gasteiger partial charge on any atom is 0.259 e. The number of aromatic nitrogens is 3. The maximum atomic E-state index is 12.8. The molecule has 4 aromatic rings. The molecule has 4 rings (SSSR count). The second-order valence-electron chi connectivity index (χ2n) is 7.11. The third-order valence-electron chi connectivity index (χ3n) is 4.83. The fourth-order valence-corrected chi connectivity index (χ4v) is 3.34. The summed E-state index contributed by atoms with van der Waals surface area (Å²) < 4.78 is 7.67. The Morgan fingerprint density at radius 2 is 1.84 bits per heavy atom. The van der Waals surface area contributed by atoms with Crippen LogP contribution in [0.5, 0.6) is 0 Å². The first-order chi connectivity index (χ1) is 14.9. The summed E-state index contributed by atoms with van der Waals surface area (Å²) in [6.07, 6.45) is 1.56. The van der Waals surface area contributed by atoms with E-state index in [-0.39, 0.29) is 23.9 Å². The summed E-state index contributed by atoms with van der Waals surface area (Å²) in [5.41, 5.74) is 2.89. The number of halogens is 1. The van der Waals surface area contributed by atoms with Crippen LogP contribution in [-0.4, -0.2) is 27.7 Å². The van der Waals surface area contributed by atoms with Crippen LogP contribution in [0.25, 0.3) is 22.8 Å². The zero-order valence-corrected chi connectivity index (χ0v) is 18.5. The first-order valence-electron chi connectivity index (χ1n) is 9.54. The molecular formula is C23H19BrN4O3. The summed E-state index contributed by atoms with van der Waals surface area (Å²) >= 11 is 3.40. The Bertz CT molecular complexity index is 1290. The van der Waals surface area contributed by atoms with Crippen molar-refractivity contribution < 1.29 is 9.32 Å². The highest BCUT2D eigenvalue weighted by molar-refractivity contribution is 9.10. The van der Waals surface area contributed by atoms with E-state index in [1.165, 1.54) is 15.5 Å². The van der Waals surface area contributed by atoms with Gasteiger partial charge in [-0.3, -0.25) is 9.59 Å². The monoisotopic (exact) mass is 478 g/mol. The number of carbonyl (C=O) groups is 1. The number of hydrogen-bond donors (Lipinski definition) is 0. The van der Waals surface area contributed by atoms with Gasteiger partial charge in [0.15, 0.2) is 0 Å². The highest BCUT2D eigenvalue weighted by Crippen LogP contribution is 2.23. The van der Waals surface area contributed by atoms with Crippen molar-refractivity contribution in [3.05, 3.63) is 87.3 Å². The van der Waals surface area contributed by atoms with Gasteiger partial charge in [0.2, 0.25) is 11.7 Å². The molecule has 0 aliphatic heterocycles. The van der Waals surface area contributed by atoms with E-state index in [9.17, 15) is 9.59 Å². The van der Waals surface area contributed by atoms with E-state index < -0.39 is 0 Å². The molecule has 0 N–H and O–H groups in total. The molecule has 0 unspecified atom stereocenters. The molecule has 31 heavy (non-hydrogen) atoms. The van der Waals surface area contributed by atoms with Crippen molar-refractivity contribution in [2.75, 3.05) is 11.9 Å². The second-order valence-corrected chi connectivity index (χ2v) is 8.02. The molecule has 8 heteroatoms. The fourth-order valence-electron chi connectivity index (χ4n) is 3.07. The molecule has 0 fully saturated rings. The molecule has 0 saturated carbocycles. The van der Waals surface area contributed by atoms with E-state index in [0.717, 1.165) is 21.3 Å². The van der Waals surface area contributed by atoms with Crippen molar-refractivity contribution in [2.24, 2.45) is 0 Å². The summed E-state index contributed by atoms with van der Waals surface area (Å²) in [6.45, 7) is 1.85. The first-order valence-corrected chi connectivity index (χ1v) is 10.3. The summed E-state index contributed by atoms with van der Waals surface area (Å²) in [4.78, 5) is 31.0. The van der Waals surface area contributed by atoms with Crippen molar-refractivity contribution in [1.82, 2.24) is 14.7 Å². The van der Waals surface area contributed by atoms with Gasteiger partial charge >= 0.3 is 0 Å². The van der Waals surface area contributed by atoms with Crippen LogP contribution in [0.1, 0.15) is 5.56 Å². The lowest BCUT2D eigenvalue weighted by atomic mass is 10.2. The summed E-state index contributed by atoms with van der Waals surface area (Å²) in [5, 5.41) is 4.02. The summed E-state index contributed by atoms with van der Waals surface area (Å²) in [7, 11) is 1.69. The van der Waals surface area contributed by atoms with E-state index in [0.29, 0.717) is 11.4 Å². The van der Waals surface area contributed by atoms with Crippen LogP contribution in [0.15, 0.2) is 80.7 Å². The lowest BCUT2D eigenvalue weighted by molar-refractivity contribution is -0.118. The van der Waals surface area contributed by atoms with Crippen LogP contribution < -0.4 is 10.5 Å². The Hall–Kier alpha value is -3.52. The van der Waals surface area contributed by atoms with Gasteiger partial charge in [-0.15, -0.1) is 0 Å². The van der Waals surface area contributed by atoms with Gasteiger partial charge in [-0.25, -0.2) is 0 Å². The van der Waals surface area contributed by atoms with Gasteiger partial charge in [-0.1, -0.05) is 33.2 Å². The standard InChI is InChI=1S/C23H19BrN4O3/c1-15-4-3-5-19(12-15)27(2)21(30)14-28-13-17(8-11-20(28)29)23-25-22(26-31-23)16-6-9-18(24)10-7-16/h3-13H,14H2,1-2H3. The van der Waals surface area contributed by atoms with Gasteiger partial charge in [0, 0.05) is 35.0 Å². The minimum Gasteiger partial charge on any atom is -0.334 e. The van der Waals surface area contributed by atoms with Gasteiger partial charge in [0.25, 0.3) is 11.4 Å². The van der Waals surface area contributed by atoms with Crippen molar-refractivity contribution in [3.63, 3.8) is 0 Å². The van der Waals surface area contributed by atoms with Gasteiger partial charge in [-0.2, -0.15) is 4.98 Å². The highest BCUT2D eigenvalue weighted by atomic mass is 79.9. The average Bonchev–Trinajstić information content (AvgIpc) is 3.25. The highest BCUT2D eigenvalue weighted by Gasteiger charge is 2.15. The van der Waals surface area contributed by atoms with Crippen LogP contribution in [0.4, 0.5) is 5.69 Å². The van der Waals surface area contributed by atoms with E-state index in [1.807, 2.05) is 55.5 Å². The predicted molar refractivity (Wildman–Crippen MR) is 122 cm³/mol. The molecule has 7 nitrogen and oxygen atoms in total. The number of nitrogens with zero attached hydrogens (tertiary/aromatic N) is 4. The zero-order chi connectivity index (χ0) is 22.0. The minimum atomic E-state index is -0.289. The van der Waals surface area contributed by atoms with Crippen LogP contribution in [0.3, 0.4) is 0 Å². The van der Waals surface area contributed by atoms with Crippen LogP contribution in [0.2, 0.25) is 0 Å². The molecule has 0 aliphatic rings. The Labute approximate surface area is 187 Å². The third-order valence-corrected chi connectivity index (χ3v) is 5.36. The molecule has 156 valence electrons. The van der Waals surface area contributed by atoms with Gasteiger partial charge in [-0.05, 0) is 55.0 Å². The number of amides is 1. The zero-order valence-electron chi connectivity index (χ0n) is 16.9. The lowest BCUT2D eigenvalue weighted by Crippen LogP contribution is -2.33. The number of hydrogen-bond acceptors (Lipinski definition) is 5. The topological polar surface area (TPSA) is 81.2 Å². The number of carbonyl (C=O) groups excluding carboxylic acids is 1. The van der Waals surface area contributed by atoms with Crippen molar-refractivity contribution in [2.45, 2.75) is 13.5 Å². The number of anilines is 1. The largest absolute Gasteiger partial charge is 0.334 e. The molecule has 1 amide bonds. The third kappa shape index (κ3) is 4.64. The van der Waals surface area contributed by atoms with E-state index in [4.69, 9.17) is 4.52 Å². The average molecular weight is 479 g/mol. The fraction of sp³-hybridized carbons (Fsp3) is 0.130. The molecule has 0 spiro atoms. The van der Waals surface area contributed by atoms with E-state index in [1.54, 1.807) is 19.3 Å². The molecule has 2 heterocycles. The number of pyridine rings is 1. The maximum absolute atomic E-state index is 12.8. The number of benzene rings is 2. The number of rotatable bonds is 5. The number of likely N-dealkylation sites (N-methyl/N-ethyl adjacent to an activating group) is 1. The summed E-state index contributed by atoms with van der Waals surface area (Å²) in [6, 6.07) is 18.1. The molecule has 0 saturated heterocycles. The van der Waals surface area contributed by atoms with Gasteiger partial charge in [0.1, 0.15) is 6.54 Å². The van der Waals surface area contributed by atoms with Crippen molar-refractivity contribution in [3.8, 4) is 22.8 Å². The number of aryl methyl sites for hydroxylation is 1. The van der Waals surface area contributed by atoms with Crippen molar-refractivity contribution in [1.29, 1.82) is 0 Å². The van der Waals surface area contributed by atoms with E-state index in [2.05, 4.69) is 26.1 Å². The SMILES string of the molecule is Cc1cccc(N(C)C(=O)Cn2cc(-c3nc(-c4ccc(Br)cc4)no3)ccc2=O)c1. The van der Waals surface area contributed by atoms with Crippen LogP contribution in [0, 0.1) is 6.92 Å². The predicted octanol–water partition coefficient (Wildman–Crippen LogP) is 4.30. The molecule has 2 aromatic carbocycles. The molecule has 2 aromatic heterocycles. The normalized spacial score (nSPS) is 10.8. The van der Waals surface area contributed by atoms with Crippen LogP contribution in [-0.2, 0) is 11.3 Å². The Kier molecular flexibility index (Phi) is 5.81. The summed E-state index contributed by atoms with van der Waals surface area (Å²) in [5.74, 6) is 0.493. The molecule has 0 atom stereocenters. The van der Waals surface area contributed by atoms with E-state index >= 15 is 0 Å². The van der Waals surface area contributed by atoms with Crippen LogP contribution >= 0.6 is 15.9 Å². The second kappa shape index (κ2) is 8.69. The van der Waals surface area contributed by atoms with Gasteiger partial charge < -0.3 is 14.0 Å².